The van der Waals surface area contributed by atoms with Crippen LogP contribution in [0.5, 0.6) is 11.5 Å². The number of carbonyl (C=O) groups excluding carboxylic acids is 1. The van der Waals surface area contributed by atoms with Gasteiger partial charge in [-0.15, -0.1) is 0 Å². The van der Waals surface area contributed by atoms with Gasteiger partial charge in [0.2, 0.25) is 0 Å². The Balaban J connectivity index is 1.84. The molecule has 0 fully saturated rings. The second kappa shape index (κ2) is 12.3. The van der Waals surface area contributed by atoms with E-state index in [1.54, 1.807) is 32.4 Å². The molecule has 0 bridgehead atoms. The van der Waals surface area contributed by atoms with E-state index in [1.807, 2.05) is 24.3 Å². The molecule has 0 atom stereocenters. The molecule has 0 amide bonds. The Morgan fingerprint density at radius 1 is 0.821 bits per heavy atom. The normalized spacial score (nSPS) is 10.5. The maximum atomic E-state index is 12.8. The Kier molecular flexibility index (Phi) is 9.77. The minimum absolute atomic E-state index is 0.0510. The summed E-state index contributed by atoms with van der Waals surface area (Å²) in [7, 11) is 3.15. The molecular formula is C23H31NO3S. The molecule has 5 heteroatoms. The van der Waals surface area contributed by atoms with Crippen molar-refractivity contribution in [2.45, 2.75) is 38.5 Å². The number of ether oxygens (including phenoxy) is 2. The molecule has 0 saturated heterocycles. The first kappa shape index (κ1) is 22.2. The van der Waals surface area contributed by atoms with Gasteiger partial charge in [0.05, 0.1) is 14.2 Å². The molecule has 0 heterocycles. The molecule has 0 radical (unpaired) electrons. The summed E-state index contributed by atoms with van der Waals surface area (Å²) in [4.78, 5) is 12.8. The van der Waals surface area contributed by atoms with Crippen LogP contribution in [0.2, 0.25) is 0 Å². The van der Waals surface area contributed by atoms with Gasteiger partial charge in [-0.25, -0.2) is 0 Å². The summed E-state index contributed by atoms with van der Waals surface area (Å²) in [5.74, 6) is 2.15. The van der Waals surface area contributed by atoms with Crippen molar-refractivity contribution in [2.24, 2.45) is 0 Å². The summed E-state index contributed by atoms with van der Waals surface area (Å²) in [6.07, 6.45) is 7.48. The summed E-state index contributed by atoms with van der Waals surface area (Å²) in [5, 5.41) is 3.43. The van der Waals surface area contributed by atoms with Gasteiger partial charge in [0.1, 0.15) is 11.5 Å². The lowest BCUT2D eigenvalue weighted by atomic mass is 10.0. The van der Waals surface area contributed by atoms with Gasteiger partial charge >= 0.3 is 0 Å². The highest BCUT2D eigenvalue weighted by Gasteiger charge is 2.12. The smallest absolute Gasteiger partial charge is 0.193 e. The number of thiol groups is 1. The van der Waals surface area contributed by atoms with E-state index in [2.05, 4.69) is 17.9 Å². The first-order valence-corrected chi connectivity index (χ1v) is 10.5. The Morgan fingerprint density at radius 3 is 1.96 bits per heavy atom. The Morgan fingerprint density at radius 2 is 1.39 bits per heavy atom. The van der Waals surface area contributed by atoms with Gasteiger partial charge in [0.15, 0.2) is 5.78 Å². The predicted octanol–water partition coefficient (Wildman–Crippen LogP) is 5.62. The zero-order valence-electron chi connectivity index (χ0n) is 16.9. The van der Waals surface area contributed by atoms with E-state index in [0.717, 1.165) is 24.4 Å². The van der Waals surface area contributed by atoms with Crippen LogP contribution >= 0.6 is 12.6 Å². The van der Waals surface area contributed by atoms with Crippen molar-refractivity contribution in [1.82, 2.24) is 0 Å². The van der Waals surface area contributed by atoms with E-state index in [0.29, 0.717) is 22.6 Å². The number of anilines is 1. The number of carbonyl (C=O) groups is 1. The standard InChI is InChI=1S/C23H31NO3S/c1-26-21-15-19(16-22(17-21)27-2)23(25)18-9-11-20(12-10-18)24-13-7-5-3-4-6-8-14-28/h9-12,15-17,24,28H,3-8,13-14H2,1-2H3. The molecule has 0 aliphatic heterocycles. The van der Waals surface area contributed by atoms with Crippen LogP contribution in [0.15, 0.2) is 42.5 Å². The molecule has 2 aromatic rings. The van der Waals surface area contributed by atoms with Gasteiger partial charge in [0, 0.05) is 29.4 Å². The zero-order chi connectivity index (χ0) is 20.2. The molecule has 152 valence electrons. The third-order valence-electron chi connectivity index (χ3n) is 4.67. The van der Waals surface area contributed by atoms with E-state index < -0.39 is 0 Å². The van der Waals surface area contributed by atoms with Gasteiger partial charge in [-0.05, 0) is 55.0 Å². The molecule has 2 aromatic carbocycles. The number of hydrogen-bond acceptors (Lipinski definition) is 5. The maximum Gasteiger partial charge on any atom is 0.193 e. The van der Waals surface area contributed by atoms with Crippen molar-refractivity contribution >= 4 is 24.1 Å². The minimum Gasteiger partial charge on any atom is -0.497 e. The van der Waals surface area contributed by atoms with Gasteiger partial charge < -0.3 is 14.8 Å². The molecule has 0 aliphatic carbocycles. The van der Waals surface area contributed by atoms with Crippen LogP contribution in [-0.2, 0) is 0 Å². The highest BCUT2D eigenvalue weighted by atomic mass is 32.1. The number of methoxy groups -OCH3 is 2. The monoisotopic (exact) mass is 401 g/mol. The lowest BCUT2D eigenvalue weighted by Crippen LogP contribution is -2.04. The van der Waals surface area contributed by atoms with E-state index in [-0.39, 0.29) is 5.78 Å². The molecule has 0 aromatic heterocycles. The molecule has 0 saturated carbocycles. The molecular weight excluding hydrogens is 370 g/mol. The highest BCUT2D eigenvalue weighted by Crippen LogP contribution is 2.24. The SMILES string of the molecule is COc1cc(OC)cc(C(=O)c2ccc(NCCCCCCCCS)cc2)c1. The average molecular weight is 402 g/mol. The third kappa shape index (κ3) is 7.12. The van der Waals surface area contributed by atoms with E-state index in [4.69, 9.17) is 9.47 Å². The Labute approximate surface area is 174 Å². The molecule has 0 unspecified atom stereocenters. The fourth-order valence-electron chi connectivity index (χ4n) is 3.02. The van der Waals surface area contributed by atoms with Crippen molar-refractivity contribution in [1.29, 1.82) is 0 Å². The van der Waals surface area contributed by atoms with Gasteiger partial charge in [0.25, 0.3) is 0 Å². The van der Waals surface area contributed by atoms with E-state index in [9.17, 15) is 4.79 Å². The van der Waals surface area contributed by atoms with Gasteiger partial charge in [-0.1, -0.05) is 25.7 Å². The summed E-state index contributed by atoms with van der Waals surface area (Å²) in [5.41, 5.74) is 2.23. The van der Waals surface area contributed by atoms with Gasteiger partial charge in [-0.3, -0.25) is 4.79 Å². The van der Waals surface area contributed by atoms with Crippen LogP contribution in [0.3, 0.4) is 0 Å². The fraction of sp³-hybridized carbons (Fsp3) is 0.435. The lowest BCUT2D eigenvalue weighted by Gasteiger charge is -2.09. The van der Waals surface area contributed by atoms with Crippen LogP contribution in [0.1, 0.15) is 54.4 Å². The van der Waals surface area contributed by atoms with Crippen LogP contribution in [-0.4, -0.2) is 32.3 Å². The summed E-state index contributed by atoms with van der Waals surface area (Å²) >= 11 is 4.24. The summed E-state index contributed by atoms with van der Waals surface area (Å²) in [6.45, 7) is 0.951. The number of rotatable bonds is 13. The van der Waals surface area contributed by atoms with Crippen molar-refractivity contribution in [2.75, 3.05) is 31.8 Å². The molecule has 28 heavy (non-hydrogen) atoms. The van der Waals surface area contributed by atoms with Crippen LogP contribution in [0.4, 0.5) is 5.69 Å². The predicted molar refractivity (Wildman–Crippen MR) is 119 cm³/mol. The zero-order valence-corrected chi connectivity index (χ0v) is 17.8. The molecule has 0 spiro atoms. The Bertz CT molecular complexity index is 709. The minimum atomic E-state index is -0.0510. The first-order valence-electron chi connectivity index (χ1n) is 9.90. The molecule has 4 nitrogen and oxygen atoms in total. The van der Waals surface area contributed by atoms with Crippen LogP contribution in [0, 0.1) is 0 Å². The number of benzene rings is 2. The van der Waals surface area contributed by atoms with Crippen LogP contribution in [0.25, 0.3) is 0 Å². The lowest BCUT2D eigenvalue weighted by molar-refractivity contribution is 0.103. The largest absolute Gasteiger partial charge is 0.497 e. The summed E-state index contributed by atoms with van der Waals surface area (Å²) in [6, 6.07) is 12.8. The third-order valence-corrected chi connectivity index (χ3v) is 4.99. The van der Waals surface area contributed by atoms with E-state index in [1.165, 1.54) is 32.1 Å². The van der Waals surface area contributed by atoms with E-state index >= 15 is 0 Å². The number of unbranched alkanes of at least 4 members (excludes halogenated alkanes) is 5. The quantitative estimate of drug-likeness (QED) is 0.260. The Hall–Kier alpha value is -2.14. The van der Waals surface area contributed by atoms with Crippen molar-refractivity contribution in [3.63, 3.8) is 0 Å². The molecule has 1 N–H and O–H groups in total. The second-order valence-corrected chi connectivity index (χ2v) is 7.23. The number of nitrogens with one attached hydrogen (secondary N) is 1. The van der Waals surface area contributed by atoms with Crippen molar-refractivity contribution in [3.05, 3.63) is 53.6 Å². The second-order valence-electron chi connectivity index (χ2n) is 6.78. The number of ketones is 1. The highest BCUT2D eigenvalue weighted by molar-refractivity contribution is 7.80. The maximum absolute atomic E-state index is 12.8. The summed E-state index contributed by atoms with van der Waals surface area (Å²) < 4.78 is 10.5. The fourth-order valence-corrected chi connectivity index (χ4v) is 3.24. The number of hydrogen-bond donors (Lipinski definition) is 2. The van der Waals surface area contributed by atoms with Crippen LogP contribution < -0.4 is 14.8 Å². The van der Waals surface area contributed by atoms with Crippen molar-refractivity contribution in [3.8, 4) is 11.5 Å². The first-order chi connectivity index (χ1) is 13.7. The average Bonchev–Trinajstić information content (AvgIpc) is 2.75. The van der Waals surface area contributed by atoms with Gasteiger partial charge in [-0.2, -0.15) is 12.6 Å². The molecule has 0 aliphatic rings. The van der Waals surface area contributed by atoms with Crippen molar-refractivity contribution < 1.29 is 14.3 Å². The topological polar surface area (TPSA) is 47.6 Å². The molecule has 2 rings (SSSR count).